The summed E-state index contributed by atoms with van der Waals surface area (Å²) in [4.78, 5) is 10.6. The number of ether oxygens (including phenoxy) is 2. The first-order valence-corrected chi connectivity index (χ1v) is 5.74. The number of aromatic nitrogens is 2. The number of aryl methyl sites for hydroxylation is 1. The Bertz CT molecular complexity index is 460. The molecular formula is C12H16N4O2. The van der Waals surface area contributed by atoms with Gasteiger partial charge in [0.25, 0.3) is 0 Å². The normalized spacial score (nSPS) is 23.1. The van der Waals surface area contributed by atoms with Crippen LogP contribution >= 0.6 is 0 Å². The van der Waals surface area contributed by atoms with Crippen LogP contribution in [-0.4, -0.2) is 49.5 Å². The molecule has 0 bridgehead atoms. The van der Waals surface area contributed by atoms with E-state index in [0.717, 1.165) is 5.69 Å². The van der Waals surface area contributed by atoms with E-state index in [0.29, 0.717) is 24.7 Å². The van der Waals surface area contributed by atoms with Crippen molar-refractivity contribution in [1.29, 1.82) is 5.26 Å². The van der Waals surface area contributed by atoms with Gasteiger partial charge < -0.3 is 14.4 Å². The van der Waals surface area contributed by atoms with Gasteiger partial charge >= 0.3 is 0 Å². The second kappa shape index (κ2) is 5.29. The number of nitrogens with zero attached hydrogens (tertiary/aromatic N) is 4. The van der Waals surface area contributed by atoms with E-state index in [1.54, 1.807) is 20.3 Å². The number of rotatable bonds is 3. The Balaban J connectivity index is 2.23. The lowest BCUT2D eigenvalue weighted by molar-refractivity contribution is -0.00461. The second-order valence-corrected chi connectivity index (χ2v) is 4.26. The van der Waals surface area contributed by atoms with Crippen molar-refractivity contribution in [1.82, 2.24) is 9.97 Å². The Labute approximate surface area is 106 Å². The van der Waals surface area contributed by atoms with E-state index < -0.39 is 0 Å². The summed E-state index contributed by atoms with van der Waals surface area (Å²) in [6.45, 7) is 3.19. The summed E-state index contributed by atoms with van der Waals surface area (Å²) in [6, 6.07) is 3.71. The third-order valence-electron chi connectivity index (χ3n) is 3.06. The predicted octanol–water partition coefficient (Wildman–Crippen LogP) is 0.507. The molecule has 1 aromatic rings. The number of methoxy groups -OCH3 is 2. The minimum Gasteiger partial charge on any atom is -0.377 e. The predicted molar refractivity (Wildman–Crippen MR) is 65.3 cm³/mol. The maximum absolute atomic E-state index is 8.92. The fourth-order valence-corrected chi connectivity index (χ4v) is 2.11. The molecule has 2 rings (SSSR count). The van der Waals surface area contributed by atoms with Gasteiger partial charge in [0.15, 0.2) is 0 Å². The van der Waals surface area contributed by atoms with Crippen LogP contribution in [0.2, 0.25) is 0 Å². The molecule has 0 radical (unpaired) electrons. The van der Waals surface area contributed by atoms with E-state index in [-0.39, 0.29) is 12.2 Å². The molecule has 6 heteroatoms. The van der Waals surface area contributed by atoms with E-state index in [1.807, 2.05) is 17.9 Å². The van der Waals surface area contributed by atoms with Crippen molar-refractivity contribution in [3.05, 3.63) is 17.5 Å². The Morgan fingerprint density at radius 3 is 2.39 bits per heavy atom. The molecule has 1 saturated heterocycles. The van der Waals surface area contributed by atoms with Crippen LogP contribution in [0.1, 0.15) is 11.4 Å². The van der Waals surface area contributed by atoms with Gasteiger partial charge in [-0.2, -0.15) is 5.26 Å². The van der Waals surface area contributed by atoms with Crippen molar-refractivity contribution >= 4 is 5.95 Å². The molecule has 0 N–H and O–H groups in total. The van der Waals surface area contributed by atoms with Gasteiger partial charge in [0.1, 0.15) is 24.0 Å². The molecule has 6 nitrogen and oxygen atoms in total. The highest BCUT2D eigenvalue weighted by Gasteiger charge is 2.34. The molecule has 0 amide bonds. The SMILES string of the molecule is COC1CN(c2nc(C)cc(C#N)n2)CC1OC. The molecule has 0 aromatic carbocycles. The second-order valence-electron chi connectivity index (χ2n) is 4.26. The van der Waals surface area contributed by atoms with Crippen LogP contribution in [0.25, 0.3) is 0 Å². The highest BCUT2D eigenvalue weighted by molar-refractivity contribution is 5.38. The lowest BCUT2D eigenvalue weighted by Gasteiger charge is -2.15. The Kier molecular flexibility index (Phi) is 3.75. The topological polar surface area (TPSA) is 71.3 Å². The number of anilines is 1. The third kappa shape index (κ3) is 2.42. The van der Waals surface area contributed by atoms with E-state index in [2.05, 4.69) is 9.97 Å². The van der Waals surface area contributed by atoms with Gasteiger partial charge in [0.05, 0.1) is 0 Å². The van der Waals surface area contributed by atoms with E-state index >= 15 is 0 Å². The van der Waals surface area contributed by atoms with Crippen molar-refractivity contribution in [3.8, 4) is 6.07 Å². The Hall–Kier alpha value is -1.71. The van der Waals surface area contributed by atoms with Crippen LogP contribution in [-0.2, 0) is 9.47 Å². The summed E-state index contributed by atoms with van der Waals surface area (Å²) < 4.78 is 10.7. The number of nitriles is 1. The van der Waals surface area contributed by atoms with Gasteiger partial charge in [-0.3, -0.25) is 0 Å². The molecule has 96 valence electrons. The monoisotopic (exact) mass is 248 g/mol. The molecule has 1 aliphatic heterocycles. The first-order chi connectivity index (χ1) is 8.67. The highest BCUT2D eigenvalue weighted by Crippen LogP contribution is 2.20. The first kappa shape index (κ1) is 12.7. The minimum absolute atomic E-state index is 0.00430. The lowest BCUT2D eigenvalue weighted by Crippen LogP contribution is -2.27. The summed E-state index contributed by atoms with van der Waals surface area (Å²) in [5.74, 6) is 0.563. The Morgan fingerprint density at radius 1 is 1.28 bits per heavy atom. The average Bonchev–Trinajstić information content (AvgIpc) is 2.81. The van der Waals surface area contributed by atoms with Crippen LogP contribution in [0.15, 0.2) is 6.07 Å². The molecule has 0 spiro atoms. The number of hydrogen-bond donors (Lipinski definition) is 0. The van der Waals surface area contributed by atoms with Crippen molar-refractivity contribution in [3.63, 3.8) is 0 Å². The fourth-order valence-electron chi connectivity index (χ4n) is 2.11. The van der Waals surface area contributed by atoms with Crippen molar-refractivity contribution in [2.75, 3.05) is 32.2 Å². The summed E-state index contributed by atoms with van der Waals surface area (Å²) in [5.41, 5.74) is 1.17. The van der Waals surface area contributed by atoms with Crippen LogP contribution in [0.4, 0.5) is 5.95 Å². The molecule has 1 fully saturated rings. The molecule has 1 aromatic heterocycles. The zero-order chi connectivity index (χ0) is 13.1. The zero-order valence-corrected chi connectivity index (χ0v) is 10.8. The maximum Gasteiger partial charge on any atom is 0.226 e. The molecule has 2 atom stereocenters. The molecule has 0 saturated carbocycles. The van der Waals surface area contributed by atoms with Crippen molar-refractivity contribution in [2.24, 2.45) is 0 Å². The van der Waals surface area contributed by atoms with Crippen LogP contribution in [0.5, 0.6) is 0 Å². The van der Waals surface area contributed by atoms with Gasteiger partial charge in [-0.15, -0.1) is 0 Å². The van der Waals surface area contributed by atoms with Gasteiger partial charge in [-0.1, -0.05) is 0 Å². The Morgan fingerprint density at radius 2 is 1.89 bits per heavy atom. The maximum atomic E-state index is 8.92. The summed E-state index contributed by atoms with van der Waals surface area (Å²) in [6.07, 6.45) is 0.00861. The minimum atomic E-state index is 0.00430. The van der Waals surface area contributed by atoms with Gasteiger partial charge in [0.2, 0.25) is 5.95 Å². The molecule has 2 unspecified atom stereocenters. The van der Waals surface area contributed by atoms with Gasteiger partial charge in [0, 0.05) is 33.0 Å². The molecule has 1 aliphatic rings. The van der Waals surface area contributed by atoms with E-state index in [1.165, 1.54) is 0 Å². The van der Waals surface area contributed by atoms with Crippen molar-refractivity contribution < 1.29 is 9.47 Å². The van der Waals surface area contributed by atoms with Crippen LogP contribution in [0, 0.1) is 18.3 Å². The largest absolute Gasteiger partial charge is 0.377 e. The van der Waals surface area contributed by atoms with Crippen LogP contribution in [0.3, 0.4) is 0 Å². The molecular weight excluding hydrogens is 232 g/mol. The summed E-state index contributed by atoms with van der Waals surface area (Å²) in [5, 5.41) is 8.92. The van der Waals surface area contributed by atoms with Crippen LogP contribution < -0.4 is 4.90 Å². The summed E-state index contributed by atoms with van der Waals surface area (Å²) >= 11 is 0. The molecule has 18 heavy (non-hydrogen) atoms. The van der Waals surface area contributed by atoms with Gasteiger partial charge in [-0.25, -0.2) is 9.97 Å². The zero-order valence-electron chi connectivity index (χ0n) is 10.8. The van der Waals surface area contributed by atoms with E-state index in [9.17, 15) is 0 Å². The average molecular weight is 248 g/mol. The van der Waals surface area contributed by atoms with Gasteiger partial charge in [-0.05, 0) is 13.0 Å². The lowest BCUT2D eigenvalue weighted by atomic mass is 10.3. The summed E-state index contributed by atoms with van der Waals surface area (Å²) in [7, 11) is 3.33. The van der Waals surface area contributed by atoms with E-state index in [4.69, 9.17) is 14.7 Å². The molecule has 0 aliphatic carbocycles. The fraction of sp³-hybridized carbons (Fsp3) is 0.583. The molecule has 2 heterocycles. The standard InChI is InChI=1S/C12H16N4O2/c1-8-4-9(5-13)15-12(14-8)16-6-10(17-2)11(7-16)18-3/h4,10-11H,6-7H2,1-3H3. The van der Waals surface area contributed by atoms with Crippen molar-refractivity contribution in [2.45, 2.75) is 19.1 Å². The smallest absolute Gasteiger partial charge is 0.226 e. The third-order valence-corrected chi connectivity index (χ3v) is 3.06. The number of hydrogen-bond acceptors (Lipinski definition) is 6. The first-order valence-electron chi connectivity index (χ1n) is 5.74. The quantitative estimate of drug-likeness (QED) is 0.776. The highest BCUT2D eigenvalue weighted by atomic mass is 16.5.